The van der Waals surface area contributed by atoms with E-state index in [9.17, 15) is 14.4 Å². The van der Waals surface area contributed by atoms with E-state index in [0.29, 0.717) is 41.5 Å². The first kappa shape index (κ1) is 20.5. The van der Waals surface area contributed by atoms with Crippen molar-refractivity contribution in [3.05, 3.63) is 47.5 Å². The van der Waals surface area contributed by atoms with Crippen LogP contribution in [-0.4, -0.2) is 55.7 Å². The summed E-state index contributed by atoms with van der Waals surface area (Å²) >= 11 is 0. The van der Waals surface area contributed by atoms with Crippen LogP contribution in [0.3, 0.4) is 0 Å². The molecule has 2 aromatic carbocycles. The normalized spacial score (nSPS) is 19.9. The zero-order valence-electron chi connectivity index (χ0n) is 17.4. The molecule has 2 aliphatic rings. The van der Waals surface area contributed by atoms with Crippen molar-refractivity contribution in [3.8, 4) is 23.0 Å². The van der Waals surface area contributed by atoms with Crippen molar-refractivity contribution in [2.45, 2.75) is 18.9 Å². The average molecular weight is 426 g/mol. The fourth-order valence-corrected chi connectivity index (χ4v) is 3.43. The predicted molar refractivity (Wildman–Crippen MR) is 109 cm³/mol. The van der Waals surface area contributed by atoms with Gasteiger partial charge in [-0.25, -0.2) is 4.79 Å². The van der Waals surface area contributed by atoms with Gasteiger partial charge in [-0.1, -0.05) is 0 Å². The molecule has 4 rings (SSSR count). The summed E-state index contributed by atoms with van der Waals surface area (Å²) in [5, 5.41) is 2.74. The largest absolute Gasteiger partial charge is 0.478 e. The second kappa shape index (κ2) is 7.82. The maximum Gasteiger partial charge on any atom is 0.338 e. The topological polar surface area (TPSA) is 103 Å². The van der Waals surface area contributed by atoms with E-state index in [1.807, 2.05) is 0 Å². The second-order valence-electron chi connectivity index (χ2n) is 7.56. The highest BCUT2D eigenvalue weighted by Gasteiger charge is 2.40. The molecule has 2 heterocycles. The lowest BCUT2D eigenvalue weighted by Crippen LogP contribution is -2.40. The Morgan fingerprint density at radius 2 is 1.90 bits per heavy atom. The van der Waals surface area contributed by atoms with Crippen molar-refractivity contribution < 1.29 is 33.3 Å². The fourth-order valence-electron chi connectivity index (χ4n) is 3.43. The van der Waals surface area contributed by atoms with Crippen LogP contribution in [0.25, 0.3) is 0 Å². The summed E-state index contributed by atoms with van der Waals surface area (Å²) < 4.78 is 22.2. The van der Waals surface area contributed by atoms with E-state index in [2.05, 4.69) is 5.32 Å². The van der Waals surface area contributed by atoms with Gasteiger partial charge < -0.3 is 29.2 Å². The molecule has 0 bridgehead atoms. The van der Waals surface area contributed by atoms with E-state index in [1.54, 1.807) is 38.2 Å². The van der Waals surface area contributed by atoms with E-state index in [1.165, 1.54) is 24.1 Å². The van der Waals surface area contributed by atoms with Crippen LogP contribution in [0.5, 0.6) is 23.0 Å². The van der Waals surface area contributed by atoms with Gasteiger partial charge in [0.1, 0.15) is 23.0 Å². The molecule has 0 unspecified atom stereocenters. The number of carbonyl (C=O) groups is 3. The lowest BCUT2D eigenvalue weighted by molar-refractivity contribution is -0.131. The molecular formula is C22H22N2O7. The number of rotatable bonds is 5. The summed E-state index contributed by atoms with van der Waals surface area (Å²) in [5.41, 5.74) is -0.394. The highest BCUT2D eigenvalue weighted by Crippen LogP contribution is 2.34. The zero-order valence-corrected chi connectivity index (χ0v) is 17.4. The van der Waals surface area contributed by atoms with Gasteiger partial charge in [0, 0.05) is 32.1 Å². The number of amides is 2. The van der Waals surface area contributed by atoms with Gasteiger partial charge in [-0.05, 0) is 31.2 Å². The lowest BCUT2D eigenvalue weighted by atomic mass is 10.1. The molecule has 2 aromatic rings. The summed E-state index contributed by atoms with van der Waals surface area (Å²) in [5.74, 6) is 0.491. The van der Waals surface area contributed by atoms with Crippen LogP contribution < -0.4 is 19.5 Å². The van der Waals surface area contributed by atoms with Crippen LogP contribution in [0.15, 0.2) is 36.4 Å². The Labute approximate surface area is 178 Å². The number of nitrogens with zero attached hydrogens (tertiary/aromatic N) is 1. The van der Waals surface area contributed by atoms with Gasteiger partial charge in [-0.2, -0.15) is 0 Å². The first-order valence-electron chi connectivity index (χ1n) is 9.70. The van der Waals surface area contributed by atoms with Crippen molar-refractivity contribution in [2.75, 3.05) is 27.4 Å². The molecule has 162 valence electrons. The summed E-state index contributed by atoms with van der Waals surface area (Å²) in [7, 11) is 2.93. The second-order valence-corrected chi connectivity index (χ2v) is 7.56. The molecule has 31 heavy (non-hydrogen) atoms. The Bertz CT molecular complexity index is 1070. The van der Waals surface area contributed by atoms with Gasteiger partial charge in [0.2, 0.25) is 0 Å². The Hall–Kier alpha value is -3.75. The average Bonchev–Trinajstić information content (AvgIpc) is 3.07. The maximum atomic E-state index is 12.2. The van der Waals surface area contributed by atoms with E-state index in [0.717, 1.165) is 0 Å². The quantitative estimate of drug-likeness (QED) is 0.732. The Morgan fingerprint density at radius 3 is 2.61 bits per heavy atom. The number of hydrogen-bond acceptors (Lipinski definition) is 7. The molecule has 0 spiro atoms. The Kier molecular flexibility index (Phi) is 5.18. The highest BCUT2D eigenvalue weighted by atomic mass is 16.5. The molecule has 2 amide bonds. The molecule has 0 aliphatic carbocycles. The molecule has 0 radical (unpaired) electrons. The molecule has 1 saturated heterocycles. The molecule has 0 aromatic heterocycles. The standard InChI is InChI=1S/C22H22N2O7/c1-22(6-7-23-21(22)27)31-16-9-13(20(26)28-3)8-15(10-16)30-14-4-5-17-18(11-14)29-12-24(2)19(17)25/h4-5,8-11H,6-7,12H2,1-3H3,(H,23,27)/t22-/m0/s1. The van der Waals surface area contributed by atoms with E-state index in [-0.39, 0.29) is 24.1 Å². The number of esters is 1. The monoisotopic (exact) mass is 426 g/mol. The minimum absolute atomic E-state index is 0.140. The zero-order chi connectivity index (χ0) is 22.2. The number of fused-ring (bicyclic) bond motifs is 1. The summed E-state index contributed by atoms with van der Waals surface area (Å²) in [6.07, 6.45) is 0.495. The number of nitrogens with one attached hydrogen (secondary N) is 1. The van der Waals surface area contributed by atoms with Crippen LogP contribution in [0.4, 0.5) is 0 Å². The minimum Gasteiger partial charge on any atom is -0.478 e. The Balaban J connectivity index is 1.64. The maximum absolute atomic E-state index is 12.2. The van der Waals surface area contributed by atoms with Gasteiger partial charge in [-0.3, -0.25) is 9.59 Å². The van der Waals surface area contributed by atoms with Crippen LogP contribution in [0.2, 0.25) is 0 Å². The number of methoxy groups -OCH3 is 1. The SMILES string of the molecule is COC(=O)c1cc(Oc2ccc3c(c2)OCN(C)C3=O)cc(O[C@@]2(C)CCNC2=O)c1. The molecule has 9 nitrogen and oxygen atoms in total. The van der Waals surface area contributed by atoms with Crippen LogP contribution in [-0.2, 0) is 9.53 Å². The van der Waals surface area contributed by atoms with Crippen molar-refractivity contribution in [3.63, 3.8) is 0 Å². The van der Waals surface area contributed by atoms with Gasteiger partial charge in [0.25, 0.3) is 11.8 Å². The van der Waals surface area contributed by atoms with Gasteiger partial charge in [0.05, 0.1) is 18.2 Å². The van der Waals surface area contributed by atoms with Crippen LogP contribution in [0.1, 0.15) is 34.1 Å². The lowest BCUT2D eigenvalue weighted by Gasteiger charge is -2.25. The molecule has 1 N–H and O–H groups in total. The van der Waals surface area contributed by atoms with Gasteiger partial charge in [0.15, 0.2) is 12.3 Å². The summed E-state index contributed by atoms with van der Waals surface area (Å²) in [4.78, 5) is 37.9. The molecule has 9 heteroatoms. The predicted octanol–water partition coefficient (Wildman–Crippen LogP) is 2.34. The van der Waals surface area contributed by atoms with Crippen molar-refractivity contribution in [1.82, 2.24) is 10.2 Å². The van der Waals surface area contributed by atoms with E-state index >= 15 is 0 Å². The molecular weight excluding hydrogens is 404 g/mol. The fraction of sp³-hybridized carbons (Fsp3) is 0.318. The number of hydrogen-bond donors (Lipinski definition) is 1. The van der Waals surface area contributed by atoms with Crippen molar-refractivity contribution in [1.29, 1.82) is 0 Å². The number of carbonyl (C=O) groups excluding carboxylic acids is 3. The van der Waals surface area contributed by atoms with E-state index < -0.39 is 11.6 Å². The van der Waals surface area contributed by atoms with Crippen LogP contribution in [0, 0.1) is 0 Å². The number of ether oxygens (including phenoxy) is 4. The van der Waals surface area contributed by atoms with E-state index in [4.69, 9.17) is 18.9 Å². The molecule has 2 aliphatic heterocycles. The Morgan fingerprint density at radius 1 is 1.13 bits per heavy atom. The van der Waals surface area contributed by atoms with Crippen molar-refractivity contribution in [2.24, 2.45) is 0 Å². The first-order valence-corrected chi connectivity index (χ1v) is 9.70. The molecule has 1 fully saturated rings. The van der Waals surface area contributed by atoms with Crippen LogP contribution >= 0.6 is 0 Å². The molecule has 1 atom stereocenters. The van der Waals surface area contributed by atoms with Gasteiger partial charge in [-0.15, -0.1) is 0 Å². The van der Waals surface area contributed by atoms with Gasteiger partial charge >= 0.3 is 5.97 Å². The first-order chi connectivity index (χ1) is 14.8. The smallest absolute Gasteiger partial charge is 0.338 e. The summed E-state index contributed by atoms with van der Waals surface area (Å²) in [6, 6.07) is 9.46. The molecule has 0 saturated carbocycles. The third-order valence-electron chi connectivity index (χ3n) is 5.19. The highest BCUT2D eigenvalue weighted by molar-refractivity contribution is 5.97. The summed E-state index contributed by atoms with van der Waals surface area (Å²) in [6.45, 7) is 2.35. The number of benzene rings is 2. The third-order valence-corrected chi connectivity index (χ3v) is 5.19. The van der Waals surface area contributed by atoms with Crippen molar-refractivity contribution >= 4 is 17.8 Å². The third kappa shape index (κ3) is 3.98. The minimum atomic E-state index is -1.04.